The van der Waals surface area contributed by atoms with Crippen LogP contribution in [0.4, 0.5) is 0 Å². The summed E-state index contributed by atoms with van der Waals surface area (Å²) < 4.78 is 1.55. The number of nitrogens with zero attached hydrogens (tertiary/aromatic N) is 1. The van der Waals surface area contributed by atoms with Crippen molar-refractivity contribution in [2.75, 3.05) is 0 Å². The average molecular weight is 308 g/mol. The third kappa shape index (κ3) is 6.11. The maximum absolute atomic E-state index is 11.8. The van der Waals surface area contributed by atoms with E-state index in [1.165, 1.54) is 0 Å². The lowest BCUT2D eigenvalue weighted by Crippen LogP contribution is -2.40. The Morgan fingerprint density at radius 1 is 1.36 bits per heavy atom. The van der Waals surface area contributed by atoms with E-state index < -0.39 is 12.0 Å². The SMILES string of the molecule is CCCCC(NC(=O)CCCn1ccc(C)cc1=O)C(=O)O. The van der Waals surface area contributed by atoms with E-state index in [0.29, 0.717) is 19.4 Å². The van der Waals surface area contributed by atoms with Gasteiger partial charge >= 0.3 is 5.97 Å². The fraction of sp³-hybridized carbons (Fsp3) is 0.562. The van der Waals surface area contributed by atoms with Crippen molar-refractivity contribution in [1.82, 2.24) is 9.88 Å². The highest BCUT2D eigenvalue weighted by Crippen LogP contribution is 2.02. The fourth-order valence-electron chi connectivity index (χ4n) is 2.13. The minimum atomic E-state index is -1.00. The van der Waals surface area contributed by atoms with Gasteiger partial charge in [0.25, 0.3) is 5.56 Å². The van der Waals surface area contributed by atoms with Gasteiger partial charge in [-0.3, -0.25) is 9.59 Å². The van der Waals surface area contributed by atoms with E-state index in [4.69, 9.17) is 5.11 Å². The number of aliphatic carboxylic acids is 1. The maximum Gasteiger partial charge on any atom is 0.326 e. The van der Waals surface area contributed by atoms with Gasteiger partial charge in [-0.15, -0.1) is 0 Å². The second kappa shape index (κ2) is 9.02. The van der Waals surface area contributed by atoms with Crippen LogP contribution in [0.1, 0.15) is 44.6 Å². The largest absolute Gasteiger partial charge is 0.480 e. The van der Waals surface area contributed by atoms with Crippen LogP contribution >= 0.6 is 0 Å². The second-order valence-corrected chi connectivity index (χ2v) is 5.44. The quantitative estimate of drug-likeness (QED) is 0.726. The predicted molar refractivity (Wildman–Crippen MR) is 83.8 cm³/mol. The summed E-state index contributed by atoms with van der Waals surface area (Å²) in [5, 5.41) is 11.6. The zero-order chi connectivity index (χ0) is 16.5. The standard InChI is InChI=1S/C16H24N2O4/c1-3-4-6-13(16(21)22)17-14(19)7-5-9-18-10-8-12(2)11-15(18)20/h8,10-11,13H,3-7,9H2,1-2H3,(H,17,19)(H,21,22). The number of carboxylic acid groups (broad SMARTS) is 1. The zero-order valence-corrected chi connectivity index (χ0v) is 13.2. The number of nitrogens with one attached hydrogen (secondary N) is 1. The molecule has 0 bridgehead atoms. The molecule has 1 heterocycles. The highest BCUT2D eigenvalue weighted by molar-refractivity contribution is 5.83. The number of hydrogen-bond acceptors (Lipinski definition) is 3. The van der Waals surface area contributed by atoms with Gasteiger partial charge in [-0.05, 0) is 31.4 Å². The molecule has 0 saturated heterocycles. The number of amides is 1. The summed E-state index contributed by atoms with van der Waals surface area (Å²) in [5.74, 6) is -1.29. The summed E-state index contributed by atoms with van der Waals surface area (Å²) in [6.45, 7) is 4.26. The molecule has 0 aliphatic carbocycles. The maximum atomic E-state index is 11.8. The van der Waals surface area contributed by atoms with E-state index >= 15 is 0 Å². The highest BCUT2D eigenvalue weighted by atomic mass is 16.4. The molecule has 0 radical (unpaired) electrons. The minimum Gasteiger partial charge on any atom is -0.480 e. The first-order valence-corrected chi connectivity index (χ1v) is 7.63. The molecule has 0 aliphatic rings. The molecule has 1 atom stereocenters. The summed E-state index contributed by atoms with van der Waals surface area (Å²) in [4.78, 5) is 34.5. The van der Waals surface area contributed by atoms with Crippen LogP contribution in [-0.2, 0) is 16.1 Å². The molecular formula is C16H24N2O4. The molecule has 6 nitrogen and oxygen atoms in total. The van der Waals surface area contributed by atoms with Crippen LogP contribution in [0.3, 0.4) is 0 Å². The number of rotatable bonds is 9. The van der Waals surface area contributed by atoms with Crippen molar-refractivity contribution >= 4 is 11.9 Å². The van der Waals surface area contributed by atoms with Gasteiger partial charge in [-0.25, -0.2) is 4.79 Å². The lowest BCUT2D eigenvalue weighted by atomic mass is 10.1. The number of carbonyl (C=O) groups is 2. The molecule has 1 aromatic heterocycles. The lowest BCUT2D eigenvalue weighted by Gasteiger charge is -2.14. The van der Waals surface area contributed by atoms with Gasteiger partial charge in [-0.2, -0.15) is 0 Å². The molecule has 1 aromatic rings. The number of unbranched alkanes of at least 4 members (excludes halogenated alkanes) is 1. The molecule has 0 saturated carbocycles. The third-order valence-electron chi connectivity index (χ3n) is 3.43. The number of aryl methyl sites for hydroxylation is 2. The summed E-state index contributed by atoms with van der Waals surface area (Å²) in [7, 11) is 0. The summed E-state index contributed by atoms with van der Waals surface area (Å²) in [5.41, 5.74) is 0.811. The first kappa shape index (κ1) is 17.9. The van der Waals surface area contributed by atoms with Crippen molar-refractivity contribution in [2.24, 2.45) is 0 Å². The monoisotopic (exact) mass is 308 g/mol. The van der Waals surface area contributed by atoms with Crippen molar-refractivity contribution in [1.29, 1.82) is 0 Å². The first-order chi connectivity index (χ1) is 10.4. The van der Waals surface area contributed by atoms with Crippen LogP contribution < -0.4 is 10.9 Å². The highest BCUT2D eigenvalue weighted by Gasteiger charge is 2.18. The van der Waals surface area contributed by atoms with E-state index in [2.05, 4.69) is 5.32 Å². The Morgan fingerprint density at radius 3 is 2.68 bits per heavy atom. The molecule has 1 unspecified atom stereocenters. The molecule has 6 heteroatoms. The van der Waals surface area contributed by atoms with Gasteiger partial charge in [-0.1, -0.05) is 19.8 Å². The molecule has 2 N–H and O–H groups in total. The molecule has 0 spiro atoms. The van der Waals surface area contributed by atoms with E-state index in [9.17, 15) is 14.4 Å². The van der Waals surface area contributed by atoms with Crippen LogP contribution in [-0.4, -0.2) is 27.6 Å². The Morgan fingerprint density at radius 2 is 2.09 bits per heavy atom. The minimum absolute atomic E-state index is 0.0910. The molecule has 122 valence electrons. The number of pyridine rings is 1. The van der Waals surface area contributed by atoms with Crippen molar-refractivity contribution < 1.29 is 14.7 Å². The topological polar surface area (TPSA) is 88.4 Å². The lowest BCUT2D eigenvalue weighted by molar-refractivity contribution is -0.142. The fourth-order valence-corrected chi connectivity index (χ4v) is 2.13. The van der Waals surface area contributed by atoms with Crippen molar-refractivity contribution in [2.45, 2.75) is 58.5 Å². The van der Waals surface area contributed by atoms with Crippen molar-refractivity contribution in [3.63, 3.8) is 0 Å². The van der Waals surface area contributed by atoms with Crippen LogP contribution in [0, 0.1) is 6.92 Å². The Hall–Kier alpha value is -2.11. The molecule has 1 rings (SSSR count). The molecule has 0 aliphatic heterocycles. The Kier molecular flexibility index (Phi) is 7.36. The summed E-state index contributed by atoms with van der Waals surface area (Å²) >= 11 is 0. The van der Waals surface area contributed by atoms with Crippen LogP contribution in [0.2, 0.25) is 0 Å². The van der Waals surface area contributed by atoms with E-state index in [0.717, 1.165) is 18.4 Å². The van der Waals surface area contributed by atoms with Gasteiger partial charge in [0.1, 0.15) is 6.04 Å². The van der Waals surface area contributed by atoms with Gasteiger partial charge < -0.3 is 15.0 Å². The Balaban J connectivity index is 2.41. The average Bonchev–Trinajstić information content (AvgIpc) is 2.45. The number of carboxylic acids is 1. The van der Waals surface area contributed by atoms with Gasteiger partial charge in [0.2, 0.25) is 5.91 Å². The second-order valence-electron chi connectivity index (χ2n) is 5.44. The normalized spacial score (nSPS) is 11.9. The van der Waals surface area contributed by atoms with Crippen LogP contribution in [0.5, 0.6) is 0 Å². The number of carbonyl (C=O) groups excluding carboxylic acids is 1. The molecule has 1 amide bonds. The third-order valence-corrected chi connectivity index (χ3v) is 3.43. The zero-order valence-electron chi connectivity index (χ0n) is 13.2. The van der Waals surface area contributed by atoms with Gasteiger partial charge in [0.05, 0.1) is 0 Å². The number of hydrogen-bond donors (Lipinski definition) is 2. The van der Waals surface area contributed by atoms with Crippen LogP contribution in [0.15, 0.2) is 23.1 Å². The smallest absolute Gasteiger partial charge is 0.326 e. The summed E-state index contributed by atoms with van der Waals surface area (Å²) in [6, 6.07) is 2.56. The first-order valence-electron chi connectivity index (χ1n) is 7.63. The molecule has 0 aromatic carbocycles. The van der Waals surface area contributed by atoms with Crippen molar-refractivity contribution in [3.8, 4) is 0 Å². The van der Waals surface area contributed by atoms with Gasteiger partial charge in [0, 0.05) is 25.2 Å². The molecular weight excluding hydrogens is 284 g/mol. The molecule has 0 fully saturated rings. The van der Waals surface area contributed by atoms with Gasteiger partial charge in [0.15, 0.2) is 0 Å². The summed E-state index contributed by atoms with van der Waals surface area (Å²) in [6.07, 6.45) is 4.49. The van der Waals surface area contributed by atoms with E-state index in [1.54, 1.807) is 16.8 Å². The predicted octanol–water partition coefficient (Wildman–Crippen LogP) is 1.70. The molecule has 22 heavy (non-hydrogen) atoms. The van der Waals surface area contributed by atoms with Crippen molar-refractivity contribution in [3.05, 3.63) is 34.2 Å². The number of aromatic nitrogens is 1. The van der Waals surface area contributed by atoms with Crippen LogP contribution in [0.25, 0.3) is 0 Å². The Labute approximate surface area is 130 Å². The Bertz CT molecular complexity index is 566. The van der Waals surface area contributed by atoms with E-state index in [1.807, 2.05) is 19.9 Å². The van der Waals surface area contributed by atoms with E-state index in [-0.39, 0.29) is 17.9 Å².